The van der Waals surface area contributed by atoms with Gasteiger partial charge in [-0.3, -0.25) is 9.69 Å². The average molecular weight is 414 g/mol. The van der Waals surface area contributed by atoms with E-state index in [-0.39, 0.29) is 5.91 Å². The number of hydrogen-bond donors (Lipinski definition) is 0. The van der Waals surface area contributed by atoms with Gasteiger partial charge in [-0.25, -0.2) is 0 Å². The highest BCUT2D eigenvalue weighted by Crippen LogP contribution is 2.21. The van der Waals surface area contributed by atoms with Crippen LogP contribution < -0.4 is 4.90 Å². The van der Waals surface area contributed by atoms with Crippen molar-refractivity contribution in [1.29, 1.82) is 5.26 Å². The van der Waals surface area contributed by atoms with Crippen LogP contribution in [0.3, 0.4) is 0 Å². The van der Waals surface area contributed by atoms with E-state index < -0.39 is 0 Å². The van der Waals surface area contributed by atoms with Gasteiger partial charge in [0.05, 0.1) is 19.0 Å². The summed E-state index contributed by atoms with van der Waals surface area (Å²) in [5.74, 6) is -0.000182. The van der Waals surface area contributed by atoms with Gasteiger partial charge in [-0.05, 0) is 55.8 Å². The number of carbonyl (C=O) groups excluding carboxylic acids is 1. The molecule has 5 heteroatoms. The maximum atomic E-state index is 12.9. The minimum absolute atomic E-state index is 0.000182. The van der Waals surface area contributed by atoms with Crippen LogP contribution in [0, 0.1) is 25.2 Å². The number of nitrogens with zero attached hydrogens (tertiary/aromatic N) is 3. The fourth-order valence-corrected chi connectivity index (χ4v) is 3.37. The number of carbonyl (C=O) groups is 1. The largest absolute Gasteiger partial charge is 0.310 e. The van der Waals surface area contributed by atoms with E-state index in [1.807, 2.05) is 62.2 Å². The van der Waals surface area contributed by atoms with Crippen molar-refractivity contribution in [2.45, 2.75) is 26.8 Å². The van der Waals surface area contributed by atoms with Gasteiger partial charge in [0.2, 0.25) is 5.91 Å². The van der Waals surface area contributed by atoms with Crippen molar-refractivity contribution >= 4 is 27.5 Å². The van der Waals surface area contributed by atoms with Crippen LogP contribution in [0.5, 0.6) is 0 Å². The topological polar surface area (TPSA) is 47.3 Å². The summed E-state index contributed by atoms with van der Waals surface area (Å²) in [7, 11) is 1.93. The number of benzene rings is 2. The van der Waals surface area contributed by atoms with Gasteiger partial charge >= 0.3 is 0 Å². The summed E-state index contributed by atoms with van der Waals surface area (Å²) in [4.78, 5) is 16.6. The molecular weight excluding hydrogens is 390 g/mol. The highest BCUT2D eigenvalue weighted by Gasteiger charge is 2.18. The number of rotatable bonds is 7. The number of halogens is 1. The molecule has 0 atom stereocenters. The summed E-state index contributed by atoms with van der Waals surface area (Å²) in [6.45, 7) is 5.40. The molecule has 4 nitrogen and oxygen atoms in total. The fraction of sp³-hybridized carbons (Fsp3) is 0.333. The average Bonchev–Trinajstić information content (AvgIpc) is 2.56. The van der Waals surface area contributed by atoms with Crippen molar-refractivity contribution in [3.8, 4) is 6.07 Å². The highest BCUT2D eigenvalue weighted by molar-refractivity contribution is 9.10. The molecule has 0 aliphatic rings. The first-order valence-corrected chi connectivity index (χ1v) is 9.37. The van der Waals surface area contributed by atoms with E-state index >= 15 is 0 Å². The molecule has 0 saturated heterocycles. The van der Waals surface area contributed by atoms with Gasteiger partial charge in [-0.15, -0.1) is 0 Å². The summed E-state index contributed by atoms with van der Waals surface area (Å²) in [6, 6.07) is 16.2. The molecule has 0 N–H and O–H groups in total. The molecule has 0 unspecified atom stereocenters. The van der Waals surface area contributed by atoms with E-state index in [2.05, 4.69) is 28.1 Å². The van der Waals surface area contributed by atoms with Gasteiger partial charge < -0.3 is 4.90 Å². The van der Waals surface area contributed by atoms with Crippen LogP contribution in [0.25, 0.3) is 0 Å². The van der Waals surface area contributed by atoms with Crippen molar-refractivity contribution in [3.63, 3.8) is 0 Å². The molecular formula is C21H24BrN3O. The molecule has 0 bridgehead atoms. The van der Waals surface area contributed by atoms with Crippen LogP contribution in [0.2, 0.25) is 0 Å². The molecule has 2 aromatic carbocycles. The van der Waals surface area contributed by atoms with Crippen LogP contribution in [-0.4, -0.2) is 30.9 Å². The summed E-state index contributed by atoms with van der Waals surface area (Å²) in [6.07, 6.45) is 0.312. The van der Waals surface area contributed by atoms with E-state index in [1.54, 1.807) is 4.90 Å². The van der Waals surface area contributed by atoms with E-state index in [0.29, 0.717) is 26.1 Å². The normalized spacial score (nSPS) is 10.6. The minimum atomic E-state index is -0.000182. The quantitative estimate of drug-likeness (QED) is 0.673. The Morgan fingerprint density at radius 1 is 1.15 bits per heavy atom. The summed E-state index contributed by atoms with van der Waals surface area (Å²) in [5, 5.41) is 8.96. The zero-order chi connectivity index (χ0) is 19.1. The molecule has 0 fully saturated rings. The Hall–Kier alpha value is -2.16. The van der Waals surface area contributed by atoms with E-state index in [4.69, 9.17) is 5.26 Å². The number of aryl methyl sites for hydroxylation is 2. The van der Waals surface area contributed by atoms with Gasteiger partial charge in [0, 0.05) is 23.2 Å². The molecule has 26 heavy (non-hydrogen) atoms. The second kappa shape index (κ2) is 9.51. The molecule has 2 rings (SSSR count). The number of likely N-dealkylation sites (N-methyl/N-ethyl adjacent to an activating group) is 1. The summed E-state index contributed by atoms with van der Waals surface area (Å²) < 4.78 is 1.04. The minimum Gasteiger partial charge on any atom is -0.310 e. The van der Waals surface area contributed by atoms with E-state index in [1.165, 1.54) is 0 Å². The molecule has 1 amide bonds. The lowest BCUT2D eigenvalue weighted by Crippen LogP contribution is -2.39. The molecule has 0 spiro atoms. The highest BCUT2D eigenvalue weighted by atomic mass is 79.9. The maximum Gasteiger partial charge on any atom is 0.241 e. The third-order valence-corrected chi connectivity index (χ3v) is 4.84. The molecule has 0 aromatic heterocycles. The Labute approximate surface area is 164 Å². The molecule has 0 aliphatic heterocycles. The lowest BCUT2D eigenvalue weighted by molar-refractivity contribution is -0.119. The SMILES string of the molecule is Cc1cc(C)cc(N(CCC#N)C(=O)CN(C)Cc2ccccc2Br)c1. The fourth-order valence-electron chi connectivity index (χ4n) is 2.96. The first-order chi connectivity index (χ1) is 12.4. The van der Waals surface area contributed by atoms with Gasteiger partial charge in [-0.1, -0.05) is 40.2 Å². The Balaban J connectivity index is 2.13. The molecule has 0 saturated carbocycles. The lowest BCUT2D eigenvalue weighted by Gasteiger charge is -2.26. The first-order valence-electron chi connectivity index (χ1n) is 8.58. The summed E-state index contributed by atoms with van der Waals surface area (Å²) in [5.41, 5.74) is 4.21. The molecule has 2 aromatic rings. The number of hydrogen-bond acceptors (Lipinski definition) is 3. The second-order valence-corrected chi connectivity index (χ2v) is 7.42. The van der Waals surface area contributed by atoms with Crippen molar-refractivity contribution < 1.29 is 4.79 Å². The number of amides is 1. The van der Waals surface area contributed by atoms with Crippen LogP contribution in [-0.2, 0) is 11.3 Å². The zero-order valence-corrected chi connectivity index (χ0v) is 17.1. The van der Waals surface area contributed by atoms with Gasteiger partial charge in [0.15, 0.2) is 0 Å². The van der Waals surface area contributed by atoms with Crippen molar-refractivity contribution in [1.82, 2.24) is 4.90 Å². The predicted molar refractivity (Wildman–Crippen MR) is 109 cm³/mol. The van der Waals surface area contributed by atoms with Crippen molar-refractivity contribution in [2.24, 2.45) is 0 Å². The smallest absolute Gasteiger partial charge is 0.241 e. The van der Waals surface area contributed by atoms with Crippen LogP contribution in [0.1, 0.15) is 23.1 Å². The molecule has 0 aliphatic carbocycles. The Morgan fingerprint density at radius 3 is 2.42 bits per heavy atom. The Bertz CT molecular complexity index is 793. The monoisotopic (exact) mass is 413 g/mol. The number of nitriles is 1. The molecule has 136 valence electrons. The van der Waals surface area contributed by atoms with Crippen molar-refractivity contribution in [2.75, 3.05) is 25.0 Å². The Morgan fingerprint density at radius 2 is 1.81 bits per heavy atom. The third-order valence-electron chi connectivity index (χ3n) is 4.07. The van der Waals surface area contributed by atoms with E-state index in [9.17, 15) is 4.79 Å². The standard InChI is InChI=1S/C21H24BrN3O/c1-16-11-17(2)13-19(12-16)25(10-6-9-23)21(26)15-24(3)14-18-7-4-5-8-20(18)22/h4-5,7-8,11-13H,6,10,14-15H2,1-3H3. The van der Waals surface area contributed by atoms with E-state index in [0.717, 1.165) is 26.9 Å². The van der Waals surface area contributed by atoms with Gasteiger partial charge in [-0.2, -0.15) is 5.26 Å². The number of anilines is 1. The molecule has 0 radical (unpaired) electrons. The van der Waals surface area contributed by atoms with Gasteiger partial charge in [0.25, 0.3) is 0 Å². The lowest BCUT2D eigenvalue weighted by atomic mass is 10.1. The molecule has 0 heterocycles. The maximum absolute atomic E-state index is 12.9. The predicted octanol–water partition coefficient (Wildman–Crippen LogP) is 4.44. The van der Waals surface area contributed by atoms with Crippen molar-refractivity contribution in [3.05, 3.63) is 63.6 Å². The second-order valence-electron chi connectivity index (χ2n) is 6.56. The summed E-state index contributed by atoms with van der Waals surface area (Å²) >= 11 is 3.55. The van der Waals surface area contributed by atoms with Crippen LogP contribution in [0.15, 0.2) is 46.9 Å². The van der Waals surface area contributed by atoms with Gasteiger partial charge in [0.1, 0.15) is 0 Å². The Kier molecular flexibility index (Phi) is 7.38. The first kappa shape index (κ1) is 20.2. The zero-order valence-electron chi connectivity index (χ0n) is 15.5. The van der Waals surface area contributed by atoms with Crippen LogP contribution in [0.4, 0.5) is 5.69 Å². The third kappa shape index (κ3) is 5.69. The van der Waals surface area contributed by atoms with Crippen LogP contribution >= 0.6 is 15.9 Å².